The topological polar surface area (TPSA) is 0 Å². The zero-order valence-electron chi connectivity index (χ0n) is 37.6. The summed E-state index contributed by atoms with van der Waals surface area (Å²) >= 11 is 0. The number of benzene rings is 11. The van der Waals surface area contributed by atoms with Crippen LogP contribution in [0.2, 0.25) is 0 Å². The van der Waals surface area contributed by atoms with Gasteiger partial charge in [-0.1, -0.05) is 215 Å². The molecule has 11 aromatic carbocycles. The summed E-state index contributed by atoms with van der Waals surface area (Å²) in [5, 5.41) is 10.2. The molecule has 0 radical (unpaired) electrons. The van der Waals surface area contributed by atoms with Crippen LogP contribution in [-0.4, -0.2) is 0 Å². The van der Waals surface area contributed by atoms with E-state index < -0.39 is 0 Å². The third-order valence-electron chi connectivity index (χ3n) is 15.3. The van der Waals surface area contributed by atoms with Gasteiger partial charge >= 0.3 is 0 Å². The van der Waals surface area contributed by atoms with Crippen LogP contribution in [0.15, 0.2) is 200 Å². The van der Waals surface area contributed by atoms with Gasteiger partial charge in [-0.3, -0.25) is 0 Å². The molecule has 11 aromatic rings. The molecule has 0 heterocycles. The molecule has 0 heteroatoms. The van der Waals surface area contributed by atoms with Gasteiger partial charge in [0.05, 0.1) is 0 Å². The molecule has 0 spiro atoms. The van der Waals surface area contributed by atoms with E-state index in [0.717, 1.165) is 0 Å². The van der Waals surface area contributed by atoms with Gasteiger partial charge < -0.3 is 0 Å². The summed E-state index contributed by atoms with van der Waals surface area (Å²) in [4.78, 5) is 0. The largest absolute Gasteiger partial charge is 0.0622 e. The number of hydrogen-bond donors (Lipinski definition) is 0. The van der Waals surface area contributed by atoms with Crippen molar-refractivity contribution in [1.29, 1.82) is 0 Å². The molecule has 0 fully saturated rings. The third-order valence-corrected chi connectivity index (χ3v) is 15.3. The predicted octanol–water partition coefficient (Wildman–Crippen LogP) is 17.9. The molecule has 0 aromatic heterocycles. The Bertz CT molecular complexity index is 3710. The van der Waals surface area contributed by atoms with E-state index in [9.17, 15) is 0 Å². The van der Waals surface area contributed by atoms with E-state index in [-0.39, 0.29) is 10.8 Å². The molecule has 0 unspecified atom stereocenters. The first kappa shape index (κ1) is 38.0. The normalized spacial score (nSPS) is 14.2. The van der Waals surface area contributed by atoms with Crippen LogP contribution in [0.3, 0.4) is 0 Å². The molecule has 0 saturated carbocycles. The van der Waals surface area contributed by atoms with Gasteiger partial charge in [-0.15, -0.1) is 0 Å². The van der Waals surface area contributed by atoms with Gasteiger partial charge in [-0.2, -0.15) is 0 Å². The number of hydrogen-bond acceptors (Lipinski definition) is 0. The first-order chi connectivity index (χ1) is 31.7. The maximum atomic E-state index is 2.51. The van der Waals surface area contributed by atoms with Crippen LogP contribution in [0.1, 0.15) is 55.5 Å². The summed E-state index contributed by atoms with van der Waals surface area (Å²) in [5.41, 5.74) is 22.3. The molecular formula is C65H48. The average molecular weight is 829 g/mol. The molecule has 0 nitrogen and oxygen atoms in total. The fraction of sp³-hybridized carbons (Fsp3) is 0.108. The molecule has 2 aliphatic carbocycles. The molecule has 65 heavy (non-hydrogen) atoms. The van der Waals surface area contributed by atoms with Crippen molar-refractivity contribution in [3.8, 4) is 66.8 Å². The SMILES string of the molecule is Cc1ccc2c(c1)C(C)(C)c1cc(-c3ccc4c(c3)C(C)(C)c3cc(-c5c6ccccc6c(-c6c7ccccc7c(-c7ccccc7)c7ccccc67)c6ccccc56)ccc3-4)ccc1-2. The quantitative estimate of drug-likeness (QED) is 0.155. The smallest absolute Gasteiger partial charge is 0.0159 e. The lowest BCUT2D eigenvalue weighted by Crippen LogP contribution is -2.15. The first-order valence-corrected chi connectivity index (χ1v) is 23.2. The van der Waals surface area contributed by atoms with Gasteiger partial charge in [0.25, 0.3) is 0 Å². The maximum Gasteiger partial charge on any atom is 0.0159 e. The van der Waals surface area contributed by atoms with Crippen molar-refractivity contribution in [2.45, 2.75) is 45.4 Å². The average Bonchev–Trinajstić information content (AvgIpc) is 3.70. The Labute approximate surface area is 381 Å². The Morgan fingerprint density at radius 2 is 0.538 bits per heavy atom. The highest BCUT2D eigenvalue weighted by atomic mass is 14.4. The fourth-order valence-electron chi connectivity index (χ4n) is 12.1. The summed E-state index contributed by atoms with van der Waals surface area (Å²) in [5.74, 6) is 0. The molecule has 13 rings (SSSR count). The Hall–Kier alpha value is -7.54. The van der Waals surface area contributed by atoms with Gasteiger partial charge in [0.1, 0.15) is 0 Å². The fourth-order valence-corrected chi connectivity index (χ4v) is 12.1. The van der Waals surface area contributed by atoms with E-state index in [1.807, 2.05) is 0 Å². The van der Waals surface area contributed by atoms with E-state index in [1.165, 1.54) is 138 Å². The van der Waals surface area contributed by atoms with Crippen molar-refractivity contribution in [1.82, 2.24) is 0 Å². The van der Waals surface area contributed by atoms with Crippen molar-refractivity contribution in [2.75, 3.05) is 0 Å². The van der Waals surface area contributed by atoms with Crippen molar-refractivity contribution >= 4 is 43.1 Å². The molecule has 0 atom stereocenters. The van der Waals surface area contributed by atoms with E-state index in [2.05, 4.69) is 235 Å². The molecule has 308 valence electrons. The van der Waals surface area contributed by atoms with Crippen LogP contribution in [-0.2, 0) is 10.8 Å². The molecule has 0 aliphatic heterocycles. The summed E-state index contributed by atoms with van der Waals surface area (Å²) in [7, 11) is 0. The van der Waals surface area contributed by atoms with E-state index >= 15 is 0 Å². The summed E-state index contributed by atoms with van der Waals surface area (Å²) in [6, 6.07) is 75.8. The second-order valence-electron chi connectivity index (χ2n) is 19.6. The number of aryl methyl sites for hydroxylation is 1. The molecule has 0 bridgehead atoms. The van der Waals surface area contributed by atoms with Crippen molar-refractivity contribution in [3.63, 3.8) is 0 Å². The second kappa shape index (κ2) is 13.7. The van der Waals surface area contributed by atoms with E-state index in [0.29, 0.717) is 0 Å². The van der Waals surface area contributed by atoms with Crippen LogP contribution < -0.4 is 0 Å². The summed E-state index contributed by atoms with van der Waals surface area (Å²) in [6.45, 7) is 11.8. The van der Waals surface area contributed by atoms with Crippen molar-refractivity contribution in [2.24, 2.45) is 0 Å². The van der Waals surface area contributed by atoms with E-state index in [4.69, 9.17) is 0 Å². The molecule has 2 aliphatic rings. The monoisotopic (exact) mass is 828 g/mol. The van der Waals surface area contributed by atoms with Gasteiger partial charge in [-0.25, -0.2) is 0 Å². The van der Waals surface area contributed by atoms with E-state index in [1.54, 1.807) is 0 Å². The van der Waals surface area contributed by atoms with Gasteiger partial charge in [0, 0.05) is 10.8 Å². The lowest BCUT2D eigenvalue weighted by molar-refractivity contribution is 0.659. The van der Waals surface area contributed by atoms with Crippen LogP contribution in [0.5, 0.6) is 0 Å². The third kappa shape index (κ3) is 5.38. The van der Waals surface area contributed by atoms with Crippen molar-refractivity contribution in [3.05, 3.63) is 228 Å². The molecular weight excluding hydrogens is 781 g/mol. The minimum Gasteiger partial charge on any atom is -0.0622 e. The van der Waals surface area contributed by atoms with Crippen LogP contribution in [0.4, 0.5) is 0 Å². The number of rotatable bonds is 4. The summed E-state index contributed by atoms with van der Waals surface area (Å²) in [6.07, 6.45) is 0. The highest BCUT2D eigenvalue weighted by Crippen LogP contribution is 2.55. The maximum absolute atomic E-state index is 2.51. The van der Waals surface area contributed by atoms with Crippen molar-refractivity contribution < 1.29 is 0 Å². The molecule has 0 N–H and O–H groups in total. The van der Waals surface area contributed by atoms with Crippen LogP contribution in [0, 0.1) is 6.92 Å². The first-order valence-electron chi connectivity index (χ1n) is 23.2. The lowest BCUT2D eigenvalue weighted by Gasteiger charge is -2.24. The summed E-state index contributed by atoms with van der Waals surface area (Å²) < 4.78 is 0. The van der Waals surface area contributed by atoms with Gasteiger partial charge in [-0.05, 0) is 157 Å². The molecule has 0 amide bonds. The van der Waals surface area contributed by atoms with Crippen LogP contribution >= 0.6 is 0 Å². The van der Waals surface area contributed by atoms with Gasteiger partial charge in [0.15, 0.2) is 0 Å². The zero-order chi connectivity index (χ0) is 43.8. The zero-order valence-corrected chi connectivity index (χ0v) is 37.6. The van der Waals surface area contributed by atoms with Crippen LogP contribution in [0.25, 0.3) is 110 Å². The lowest BCUT2D eigenvalue weighted by atomic mass is 9.79. The predicted molar refractivity (Wildman–Crippen MR) is 278 cm³/mol. The van der Waals surface area contributed by atoms with Gasteiger partial charge in [0.2, 0.25) is 0 Å². The standard InChI is InChI=1S/C65H48/c1-39-27-31-44-45-32-28-41(36-57(45)64(2,3)56(44)35-39)42-29-33-46-47-34-30-43(38-59(47)65(4,5)58(46)37-42)61-50-21-11-15-25-54(50)63(55-26-16-12-22-51(55)61)62-52-23-13-9-19-48(52)60(40-17-7-6-8-18-40)49-20-10-14-24-53(49)62/h6-38H,1-5H3. The second-order valence-corrected chi connectivity index (χ2v) is 19.6. The Morgan fingerprint density at radius 1 is 0.246 bits per heavy atom. The Balaban J connectivity index is 0.977. The Kier molecular flexibility index (Phi) is 8.02. The Morgan fingerprint density at radius 3 is 0.938 bits per heavy atom. The number of fused-ring (bicyclic) bond motifs is 10. The highest BCUT2D eigenvalue weighted by molar-refractivity contribution is 6.30. The minimum absolute atomic E-state index is 0.0452. The minimum atomic E-state index is -0.190. The highest BCUT2D eigenvalue weighted by Gasteiger charge is 2.38. The molecule has 0 saturated heterocycles.